The molecule has 3 atom stereocenters. The van der Waals surface area contributed by atoms with E-state index in [9.17, 15) is 18.0 Å². The molecule has 0 N–H and O–H groups in total. The van der Waals surface area contributed by atoms with Gasteiger partial charge in [0.25, 0.3) is 0 Å². The molecule has 0 saturated carbocycles. The Morgan fingerprint density at radius 1 is 1.24 bits per heavy atom. The van der Waals surface area contributed by atoms with Crippen LogP contribution < -0.4 is 4.90 Å². The number of alkyl halides is 3. The van der Waals surface area contributed by atoms with E-state index in [-0.39, 0.29) is 35.8 Å². The Morgan fingerprint density at radius 3 is 2.47 bits per heavy atom. The van der Waals surface area contributed by atoms with Gasteiger partial charge < -0.3 is 14.5 Å². The van der Waals surface area contributed by atoms with E-state index in [0.717, 1.165) is 12.1 Å². The minimum absolute atomic E-state index is 0.00560. The Morgan fingerprint density at radius 2 is 1.88 bits per heavy atom. The van der Waals surface area contributed by atoms with Crippen LogP contribution >= 0.6 is 27.5 Å². The van der Waals surface area contributed by atoms with Crippen LogP contribution in [-0.4, -0.2) is 45.2 Å². The van der Waals surface area contributed by atoms with Crippen LogP contribution in [0.2, 0.25) is 5.02 Å². The van der Waals surface area contributed by atoms with Crippen molar-refractivity contribution in [3.05, 3.63) is 51.2 Å². The molecule has 1 aromatic carbocycles. The molecule has 34 heavy (non-hydrogen) atoms. The first-order valence-electron chi connectivity index (χ1n) is 11.0. The van der Waals surface area contributed by atoms with E-state index in [1.807, 2.05) is 18.7 Å². The maximum absolute atomic E-state index is 13.4. The average Bonchev–Trinajstić information content (AvgIpc) is 2.72. The minimum Gasteiger partial charge on any atom is -0.447 e. The summed E-state index contributed by atoms with van der Waals surface area (Å²) in [5.41, 5.74) is -0.451. The number of likely N-dealkylation sites (tertiary alicyclic amines) is 1. The molecule has 6 nitrogen and oxygen atoms in total. The van der Waals surface area contributed by atoms with Gasteiger partial charge in [-0.15, -0.1) is 0 Å². The SMILES string of the molecule is CC(C)OC(=O)N1C(C)CCC(N(Cc2cc(Cl)cc(C(F)(F)F)c2)c2ncc(Br)cn2)C1C. The Labute approximate surface area is 210 Å². The fraction of sp³-hybridized carbons (Fsp3) is 0.522. The number of piperidine rings is 1. The summed E-state index contributed by atoms with van der Waals surface area (Å²) in [7, 11) is 0. The fourth-order valence-corrected chi connectivity index (χ4v) is 4.76. The maximum Gasteiger partial charge on any atom is 0.416 e. The molecule has 0 spiro atoms. The number of halogens is 5. The molecule has 0 bridgehead atoms. The molecule has 0 radical (unpaired) electrons. The summed E-state index contributed by atoms with van der Waals surface area (Å²) in [6.07, 6.45) is -0.670. The van der Waals surface area contributed by atoms with E-state index in [2.05, 4.69) is 25.9 Å². The highest BCUT2D eigenvalue weighted by Crippen LogP contribution is 2.34. The molecule has 3 rings (SSSR count). The first kappa shape index (κ1) is 26.5. The predicted molar refractivity (Wildman–Crippen MR) is 128 cm³/mol. The molecule has 1 amide bonds. The van der Waals surface area contributed by atoms with Gasteiger partial charge in [-0.05, 0) is 80.2 Å². The summed E-state index contributed by atoms with van der Waals surface area (Å²) >= 11 is 9.34. The molecule has 1 saturated heterocycles. The van der Waals surface area contributed by atoms with Crippen molar-refractivity contribution >= 4 is 39.6 Å². The second-order valence-electron chi connectivity index (χ2n) is 8.75. The van der Waals surface area contributed by atoms with Crippen molar-refractivity contribution in [2.45, 2.75) is 77.5 Å². The normalized spacial score (nSPS) is 21.0. The van der Waals surface area contributed by atoms with Gasteiger partial charge in [0.2, 0.25) is 5.95 Å². The molecular weight excluding hydrogens is 537 g/mol. The molecule has 186 valence electrons. The standard InChI is InChI=1S/C23H27BrClF3N4O2/c1-13(2)34-22(33)32-14(3)5-6-20(15(32)4)31(21-29-10-18(24)11-30-21)12-16-7-17(23(26,27)28)9-19(25)8-16/h7-11,13-15,20H,5-6,12H2,1-4H3. The number of anilines is 1. The lowest BCUT2D eigenvalue weighted by molar-refractivity contribution is -0.137. The molecule has 3 unspecified atom stereocenters. The molecule has 0 aliphatic carbocycles. The van der Waals surface area contributed by atoms with E-state index in [1.54, 1.807) is 31.1 Å². The van der Waals surface area contributed by atoms with Crippen LogP contribution in [0, 0.1) is 0 Å². The lowest BCUT2D eigenvalue weighted by Gasteiger charge is -2.47. The second-order valence-corrected chi connectivity index (χ2v) is 10.1. The summed E-state index contributed by atoms with van der Waals surface area (Å²) in [5, 5.41) is -0.00560. The van der Waals surface area contributed by atoms with Crippen LogP contribution in [-0.2, 0) is 17.5 Å². The average molecular weight is 564 g/mol. The van der Waals surface area contributed by atoms with Crippen LogP contribution in [0.15, 0.2) is 35.1 Å². The van der Waals surface area contributed by atoms with Crippen molar-refractivity contribution in [3.63, 3.8) is 0 Å². The van der Waals surface area contributed by atoms with Crippen molar-refractivity contribution in [1.29, 1.82) is 0 Å². The first-order valence-corrected chi connectivity index (χ1v) is 12.1. The largest absolute Gasteiger partial charge is 0.447 e. The summed E-state index contributed by atoms with van der Waals surface area (Å²) in [6, 6.07) is 2.88. The fourth-order valence-electron chi connectivity index (χ4n) is 4.30. The minimum atomic E-state index is -4.52. The number of aromatic nitrogens is 2. The molecule has 1 fully saturated rings. The van der Waals surface area contributed by atoms with Gasteiger partial charge in [0, 0.05) is 30.0 Å². The van der Waals surface area contributed by atoms with Gasteiger partial charge in [0.1, 0.15) is 0 Å². The van der Waals surface area contributed by atoms with Crippen LogP contribution in [0.1, 0.15) is 51.7 Å². The number of benzene rings is 1. The molecule has 11 heteroatoms. The molecular formula is C23H27BrClF3N4O2. The smallest absolute Gasteiger partial charge is 0.416 e. The first-order chi connectivity index (χ1) is 15.9. The van der Waals surface area contributed by atoms with Crippen LogP contribution in [0.4, 0.5) is 23.9 Å². The number of carbonyl (C=O) groups is 1. The Balaban J connectivity index is 1.99. The third-order valence-corrected chi connectivity index (χ3v) is 6.43. The quantitative estimate of drug-likeness (QED) is 0.405. The van der Waals surface area contributed by atoms with Gasteiger partial charge in [-0.1, -0.05) is 11.6 Å². The van der Waals surface area contributed by atoms with Crippen molar-refractivity contribution in [2.24, 2.45) is 0 Å². The van der Waals surface area contributed by atoms with Crippen molar-refractivity contribution in [1.82, 2.24) is 14.9 Å². The Kier molecular flexibility index (Phi) is 8.34. The summed E-state index contributed by atoms with van der Waals surface area (Å²) in [5.74, 6) is 0.348. The van der Waals surface area contributed by atoms with Crippen LogP contribution in [0.25, 0.3) is 0 Å². The zero-order valence-electron chi connectivity index (χ0n) is 19.3. The third-order valence-electron chi connectivity index (χ3n) is 5.80. The van der Waals surface area contributed by atoms with Crippen molar-refractivity contribution < 1.29 is 22.7 Å². The highest BCUT2D eigenvalue weighted by atomic mass is 79.9. The molecule has 1 aromatic heterocycles. The lowest BCUT2D eigenvalue weighted by atomic mass is 9.91. The second kappa shape index (κ2) is 10.7. The topological polar surface area (TPSA) is 58.6 Å². The highest BCUT2D eigenvalue weighted by Gasteiger charge is 2.40. The van der Waals surface area contributed by atoms with Crippen molar-refractivity contribution in [2.75, 3.05) is 4.90 Å². The molecule has 2 aromatic rings. The van der Waals surface area contributed by atoms with Gasteiger partial charge >= 0.3 is 12.3 Å². The number of hydrogen-bond acceptors (Lipinski definition) is 5. The van der Waals surface area contributed by atoms with Crippen LogP contribution in [0.3, 0.4) is 0 Å². The monoisotopic (exact) mass is 562 g/mol. The van der Waals surface area contributed by atoms with Gasteiger partial charge in [-0.3, -0.25) is 0 Å². The number of rotatable bonds is 5. The van der Waals surface area contributed by atoms with Crippen molar-refractivity contribution in [3.8, 4) is 0 Å². The number of nitrogens with zero attached hydrogens (tertiary/aromatic N) is 4. The predicted octanol–water partition coefficient (Wildman–Crippen LogP) is 6.70. The summed E-state index contributed by atoms with van der Waals surface area (Å²) < 4.78 is 46.3. The van der Waals surface area contributed by atoms with E-state index in [0.29, 0.717) is 28.8 Å². The van der Waals surface area contributed by atoms with E-state index in [4.69, 9.17) is 16.3 Å². The number of amides is 1. The number of hydrogen-bond donors (Lipinski definition) is 0. The third kappa shape index (κ3) is 6.33. The maximum atomic E-state index is 13.4. The highest BCUT2D eigenvalue weighted by molar-refractivity contribution is 9.10. The Hall–Kier alpha value is -2.07. The molecule has 2 heterocycles. The van der Waals surface area contributed by atoms with Gasteiger partial charge in [0.15, 0.2) is 0 Å². The van der Waals surface area contributed by atoms with Gasteiger partial charge in [0.05, 0.1) is 28.2 Å². The van der Waals surface area contributed by atoms with Gasteiger partial charge in [-0.25, -0.2) is 14.8 Å². The lowest BCUT2D eigenvalue weighted by Crippen LogP contribution is -2.59. The summed E-state index contributed by atoms with van der Waals surface area (Å²) in [6.45, 7) is 7.53. The van der Waals surface area contributed by atoms with E-state index < -0.39 is 17.8 Å². The van der Waals surface area contributed by atoms with Gasteiger partial charge in [-0.2, -0.15) is 13.2 Å². The zero-order valence-corrected chi connectivity index (χ0v) is 21.7. The van der Waals surface area contributed by atoms with E-state index >= 15 is 0 Å². The number of carbonyl (C=O) groups excluding carboxylic acids is 1. The van der Waals surface area contributed by atoms with E-state index in [1.165, 1.54) is 6.07 Å². The van der Waals surface area contributed by atoms with Crippen LogP contribution in [0.5, 0.6) is 0 Å². The Bertz CT molecular complexity index is 1010. The molecule has 1 aliphatic heterocycles. The zero-order chi connectivity index (χ0) is 25.2. The number of ether oxygens (including phenoxy) is 1. The molecule has 1 aliphatic rings. The summed E-state index contributed by atoms with van der Waals surface area (Å²) in [4.78, 5) is 25.2.